The lowest BCUT2D eigenvalue weighted by Crippen LogP contribution is -1.99. The number of rotatable bonds is 4. The normalized spacial score (nSPS) is 10.2. The fourth-order valence-electron chi connectivity index (χ4n) is 1.54. The zero-order valence-electron chi connectivity index (χ0n) is 9.78. The van der Waals surface area contributed by atoms with Gasteiger partial charge in [0.2, 0.25) is 0 Å². The molecule has 1 N–H and O–H groups in total. The Morgan fingerprint density at radius 3 is 2.83 bits per heavy atom. The smallest absolute Gasteiger partial charge is 0.133 e. The number of halogens is 2. The molecule has 2 aromatic rings. The lowest BCUT2D eigenvalue weighted by Gasteiger charge is -2.09. The summed E-state index contributed by atoms with van der Waals surface area (Å²) in [5.41, 5.74) is 2.09. The molecule has 0 aliphatic heterocycles. The Morgan fingerprint density at radius 2 is 2.17 bits per heavy atom. The molecule has 1 aromatic heterocycles. The molecule has 0 radical (unpaired) electrons. The molecule has 0 aliphatic rings. The van der Waals surface area contributed by atoms with Crippen molar-refractivity contribution in [3.8, 4) is 5.75 Å². The van der Waals surface area contributed by atoms with E-state index in [0.717, 1.165) is 21.5 Å². The Morgan fingerprint density at radius 1 is 1.33 bits per heavy atom. The average Bonchev–Trinajstić information content (AvgIpc) is 2.37. The molecule has 3 nitrogen and oxygen atoms in total. The van der Waals surface area contributed by atoms with E-state index in [4.69, 9.17) is 16.3 Å². The second kappa shape index (κ2) is 6.07. The highest BCUT2D eigenvalue weighted by Crippen LogP contribution is 2.25. The van der Waals surface area contributed by atoms with E-state index in [2.05, 4.69) is 26.2 Å². The van der Waals surface area contributed by atoms with Gasteiger partial charge in [0.15, 0.2) is 0 Å². The van der Waals surface area contributed by atoms with Gasteiger partial charge < -0.3 is 10.1 Å². The molecule has 0 saturated heterocycles. The molecule has 5 heteroatoms. The lowest BCUT2D eigenvalue weighted by molar-refractivity contribution is 0.412. The molecular formula is C13H12BrClN2O. The Kier molecular flexibility index (Phi) is 4.44. The zero-order valence-corrected chi connectivity index (χ0v) is 12.1. The first-order valence-corrected chi connectivity index (χ1v) is 6.54. The molecule has 18 heavy (non-hydrogen) atoms. The Hall–Kier alpha value is -1.26. The Bertz CT molecular complexity index is 548. The van der Waals surface area contributed by atoms with Gasteiger partial charge in [0.1, 0.15) is 10.9 Å². The second-order valence-electron chi connectivity index (χ2n) is 3.69. The summed E-state index contributed by atoms with van der Waals surface area (Å²) in [5.74, 6) is 0.825. The van der Waals surface area contributed by atoms with Gasteiger partial charge in [-0.3, -0.25) is 0 Å². The van der Waals surface area contributed by atoms with E-state index in [0.29, 0.717) is 11.7 Å². The third-order valence-corrected chi connectivity index (χ3v) is 3.27. The maximum atomic E-state index is 5.82. The molecule has 1 heterocycles. The minimum atomic E-state index is 0.482. The summed E-state index contributed by atoms with van der Waals surface area (Å²) < 4.78 is 6.13. The summed E-state index contributed by atoms with van der Waals surface area (Å²) in [6.45, 7) is 0.711. The number of pyridine rings is 1. The number of hydrogen-bond acceptors (Lipinski definition) is 3. The molecular weight excluding hydrogens is 316 g/mol. The predicted octanol–water partition coefficient (Wildman–Crippen LogP) is 4.12. The van der Waals surface area contributed by atoms with Gasteiger partial charge in [0.25, 0.3) is 0 Å². The van der Waals surface area contributed by atoms with Gasteiger partial charge in [-0.15, -0.1) is 0 Å². The Balaban J connectivity index is 2.04. The van der Waals surface area contributed by atoms with Crippen LogP contribution in [0.5, 0.6) is 5.75 Å². The number of methoxy groups -OCH3 is 1. The standard InChI is InChI=1S/C13H12BrClN2O/c1-18-12-3-2-9(6-11(12)14)8-17-10-4-5-16-13(15)7-10/h2-7H,8H2,1H3,(H,16,17). The van der Waals surface area contributed by atoms with Crippen molar-refractivity contribution in [3.63, 3.8) is 0 Å². The molecule has 0 fully saturated rings. The van der Waals surface area contributed by atoms with Crippen molar-refractivity contribution in [3.05, 3.63) is 51.7 Å². The van der Waals surface area contributed by atoms with Crippen LogP contribution in [0.15, 0.2) is 41.0 Å². The summed E-state index contributed by atoms with van der Waals surface area (Å²) in [6, 6.07) is 9.64. The van der Waals surface area contributed by atoms with E-state index >= 15 is 0 Å². The van der Waals surface area contributed by atoms with Crippen LogP contribution in [0.1, 0.15) is 5.56 Å². The number of anilines is 1. The highest BCUT2D eigenvalue weighted by molar-refractivity contribution is 9.10. The first-order chi connectivity index (χ1) is 8.69. The molecule has 0 saturated carbocycles. The monoisotopic (exact) mass is 326 g/mol. The van der Waals surface area contributed by atoms with Crippen LogP contribution in [0.3, 0.4) is 0 Å². The summed E-state index contributed by atoms with van der Waals surface area (Å²) in [4.78, 5) is 3.93. The molecule has 0 aliphatic carbocycles. The minimum absolute atomic E-state index is 0.482. The summed E-state index contributed by atoms with van der Waals surface area (Å²) in [5, 5.41) is 3.76. The maximum absolute atomic E-state index is 5.82. The SMILES string of the molecule is COc1ccc(CNc2ccnc(Cl)c2)cc1Br. The quantitative estimate of drug-likeness (QED) is 0.858. The highest BCUT2D eigenvalue weighted by atomic mass is 79.9. The molecule has 2 rings (SSSR count). The van der Waals surface area contributed by atoms with Gasteiger partial charge in [-0.2, -0.15) is 0 Å². The third kappa shape index (κ3) is 3.37. The summed E-state index contributed by atoms with van der Waals surface area (Å²) >= 11 is 9.28. The summed E-state index contributed by atoms with van der Waals surface area (Å²) in [6.07, 6.45) is 1.68. The van der Waals surface area contributed by atoms with E-state index in [1.807, 2.05) is 24.3 Å². The first kappa shape index (κ1) is 13.2. The summed E-state index contributed by atoms with van der Waals surface area (Å²) in [7, 11) is 1.65. The van der Waals surface area contributed by atoms with E-state index in [1.54, 1.807) is 19.4 Å². The van der Waals surface area contributed by atoms with Crippen molar-refractivity contribution in [2.45, 2.75) is 6.54 Å². The lowest BCUT2D eigenvalue weighted by atomic mass is 10.2. The van der Waals surface area contributed by atoms with Crippen molar-refractivity contribution in [2.24, 2.45) is 0 Å². The Labute approximate surface area is 119 Å². The number of benzene rings is 1. The topological polar surface area (TPSA) is 34.1 Å². The fraction of sp³-hybridized carbons (Fsp3) is 0.154. The van der Waals surface area contributed by atoms with Crippen molar-refractivity contribution < 1.29 is 4.74 Å². The highest BCUT2D eigenvalue weighted by Gasteiger charge is 2.01. The largest absolute Gasteiger partial charge is 0.496 e. The van der Waals surface area contributed by atoms with Crippen molar-refractivity contribution in [2.75, 3.05) is 12.4 Å². The van der Waals surface area contributed by atoms with Gasteiger partial charge >= 0.3 is 0 Å². The molecule has 94 valence electrons. The third-order valence-electron chi connectivity index (χ3n) is 2.44. The van der Waals surface area contributed by atoms with Crippen LogP contribution in [0.25, 0.3) is 0 Å². The van der Waals surface area contributed by atoms with Crippen LogP contribution >= 0.6 is 27.5 Å². The molecule has 1 aromatic carbocycles. The minimum Gasteiger partial charge on any atom is -0.496 e. The van der Waals surface area contributed by atoms with E-state index in [1.165, 1.54) is 0 Å². The van der Waals surface area contributed by atoms with Crippen LogP contribution in [0.4, 0.5) is 5.69 Å². The molecule has 0 spiro atoms. The van der Waals surface area contributed by atoms with E-state index in [-0.39, 0.29) is 0 Å². The number of nitrogens with one attached hydrogen (secondary N) is 1. The zero-order chi connectivity index (χ0) is 13.0. The average molecular weight is 328 g/mol. The fourth-order valence-corrected chi connectivity index (χ4v) is 2.30. The van der Waals surface area contributed by atoms with Gasteiger partial charge in [-0.25, -0.2) is 4.98 Å². The molecule has 0 unspecified atom stereocenters. The van der Waals surface area contributed by atoms with Gasteiger partial charge in [-0.1, -0.05) is 17.7 Å². The maximum Gasteiger partial charge on any atom is 0.133 e. The van der Waals surface area contributed by atoms with Crippen LogP contribution < -0.4 is 10.1 Å². The van der Waals surface area contributed by atoms with Gasteiger partial charge in [0.05, 0.1) is 11.6 Å². The number of aromatic nitrogens is 1. The number of ether oxygens (including phenoxy) is 1. The van der Waals surface area contributed by atoms with Crippen LogP contribution in [0, 0.1) is 0 Å². The molecule has 0 atom stereocenters. The number of hydrogen-bond donors (Lipinski definition) is 1. The first-order valence-electron chi connectivity index (χ1n) is 5.37. The van der Waals surface area contributed by atoms with Crippen LogP contribution in [-0.4, -0.2) is 12.1 Å². The van der Waals surface area contributed by atoms with Crippen LogP contribution in [0.2, 0.25) is 5.15 Å². The van der Waals surface area contributed by atoms with Crippen molar-refractivity contribution in [1.82, 2.24) is 4.98 Å². The second-order valence-corrected chi connectivity index (χ2v) is 4.93. The predicted molar refractivity (Wildman–Crippen MR) is 77.3 cm³/mol. The van der Waals surface area contributed by atoms with Gasteiger partial charge in [0, 0.05) is 18.4 Å². The van der Waals surface area contributed by atoms with Gasteiger partial charge in [-0.05, 0) is 45.8 Å². The molecule has 0 bridgehead atoms. The van der Waals surface area contributed by atoms with Crippen LogP contribution in [-0.2, 0) is 6.54 Å². The van der Waals surface area contributed by atoms with E-state index in [9.17, 15) is 0 Å². The molecule has 0 amide bonds. The van der Waals surface area contributed by atoms with Crippen molar-refractivity contribution in [1.29, 1.82) is 0 Å². The van der Waals surface area contributed by atoms with E-state index < -0.39 is 0 Å². The van der Waals surface area contributed by atoms with Crippen molar-refractivity contribution >= 4 is 33.2 Å². The number of nitrogens with zero attached hydrogens (tertiary/aromatic N) is 1.